The van der Waals surface area contributed by atoms with Crippen LogP contribution in [0.25, 0.3) is 0 Å². The van der Waals surface area contributed by atoms with E-state index < -0.39 is 0 Å². The molecule has 0 saturated carbocycles. The quantitative estimate of drug-likeness (QED) is 0.822. The summed E-state index contributed by atoms with van der Waals surface area (Å²) in [5.74, 6) is 1.79. The summed E-state index contributed by atoms with van der Waals surface area (Å²) in [5, 5.41) is 3.40. The molecule has 1 aromatic carbocycles. The van der Waals surface area contributed by atoms with Crippen LogP contribution in [0.1, 0.15) is 37.9 Å². The lowest BCUT2D eigenvalue weighted by atomic mass is 10.1. The van der Waals surface area contributed by atoms with E-state index in [1.54, 1.807) is 0 Å². The lowest BCUT2D eigenvalue weighted by Crippen LogP contribution is -2.34. The molecule has 4 heteroatoms. The molecule has 114 valence electrons. The number of rotatable bonds is 6. The van der Waals surface area contributed by atoms with Gasteiger partial charge in [-0.05, 0) is 44.5 Å². The maximum Gasteiger partial charge on any atom is 0.129 e. The molecular formula is C17H22BrNO2. The number of nitrogens with one attached hydrogen (secondary N) is 1. The summed E-state index contributed by atoms with van der Waals surface area (Å²) in [6.45, 7) is 8.19. The van der Waals surface area contributed by atoms with Crippen molar-refractivity contribution < 1.29 is 9.15 Å². The smallest absolute Gasteiger partial charge is 0.129 e. The lowest BCUT2D eigenvalue weighted by Gasteiger charge is -2.19. The second kappa shape index (κ2) is 7.25. The van der Waals surface area contributed by atoms with E-state index in [1.165, 1.54) is 0 Å². The summed E-state index contributed by atoms with van der Waals surface area (Å²) in [7, 11) is 0. The molecule has 3 nitrogen and oxygen atoms in total. The molecule has 0 spiro atoms. The SMILES string of the molecule is CC(C)(C)NCc1ccc(COCc2ccccc2Br)o1. The van der Waals surface area contributed by atoms with Gasteiger partial charge >= 0.3 is 0 Å². The Kier molecular flexibility index (Phi) is 5.62. The number of furan rings is 1. The van der Waals surface area contributed by atoms with E-state index in [9.17, 15) is 0 Å². The van der Waals surface area contributed by atoms with Crippen molar-refractivity contribution >= 4 is 15.9 Å². The molecule has 1 N–H and O–H groups in total. The monoisotopic (exact) mass is 351 g/mol. The van der Waals surface area contributed by atoms with Gasteiger partial charge in [0.25, 0.3) is 0 Å². The van der Waals surface area contributed by atoms with E-state index in [2.05, 4.69) is 42.0 Å². The number of ether oxygens (including phenoxy) is 1. The van der Waals surface area contributed by atoms with E-state index in [1.807, 2.05) is 36.4 Å². The second-order valence-electron chi connectivity index (χ2n) is 6.06. The van der Waals surface area contributed by atoms with E-state index in [0.29, 0.717) is 13.2 Å². The first-order valence-corrected chi connectivity index (χ1v) is 7.87. The van der Waals surface area contributed by atoms with Crippen LogP contribution in [0, 0.1) is 0 Å². The van der Waals surface area contributed by atoms with Crippen LogP contribution in [0.5, 0.6) is 0 Å². The Labute approximate surface area is 134 Å². The fourth-order valence-electron chi connectivity index (χ4n) is 1.82. The van der Waals surface area contributed by atoms with Crippen molar-refractivity contribution in [3.05, 3.63) is 58.0 Å². The highest BCUT2D eigenvalue weighted by Gasteiger charge is 2.10. The van der Waals surface area contributed by atoms with E-state index >= 15 is 0 Å². The van der Waals surface area contributed by atoms with Crippen LogP contribution >= 0.6 is 15.9 Å². The highest BCUT2D eigenvalue weighted by atomic mass is 79.9. The van der Waals surface area contributed by atoms with Gasteiger partial charge in [-0.2, -0.15) is 0 Å². The van der Waals surface area contributed by atoms with Crippen LogP contribution in [-0.4, -0.2) is 5.54 Å². The minimum Gasteiger partial charge on any atom is -0.462 e. The van der Waals surface area contributed by atoms with Crippen LogP contribution < -0.4 is 5.32 Å². The predicted molar refractivity (Wildman–Crippen MR) is 87.9 cm³/mol. The standard InChI is InChI=1S/C17H22BrNO2/c1-17(2,3)19-10-14-8-9-15(21-14)12-20-11-13-6-4-5-7-16(13)18/h4-9,19H,10-12H2,1-3H3. The maximum absolute atomic E-state index is 5.75. The Morgan fingerprint density at radius 2 is 1.76 bits per heavy atom. The summed E-state index contributed by atoms with van der Waals surface area (Å²) < 4.78 is 12.5. The minimum atomic E-state index is 0.0863. The van der Waals surface area contributed by atoms with Gasteiger partial charge in [0, 0.05) is 10.0 Å². The minimum absolute atomic E-state index is 0.0863. The zero-order valence-corrected chi connectivity index (χ0v) is 14.4. The lowest BCUT2D eigenvalue weighted by molar-refractivity contribution is 0.0915. The van der Waals surface area contributed by atoms with Crippen molar-refractivity contribution in [2.45, 2.75) is 46.1 Å². The van der Waals surface area contributed by atoms with Gasteiger partial charge in [0.2, 0.25) is 0 Å². The molecule has 1 heterocycles. The van der Waals surface area contributed by atoms with Crippen molar-refractivity contribution in [2.24, 2.45) is 0 Å². The Hall–Kier alpha value is -1.10. The van der Waals surface area contributed by atoms with Gasteiger partial charge in [-0.3, -0.25) is 0 Å². The fraction of sp³-hybridized carbons (Fsp3) is 0.412. The highest BCUT2D eigenvalue weighted by Crippen LogP contribution is 2.18. The van der Waals surface area contributed by atoms with Crippen molar-refractivity contribution in [1.82, 2.24) is 5.32 Å². The van der Waals surface area contributed by atoms with Crippen LogP contribution in [0.3, 0.4) is 0 Å². The summed E-state index contributed by atoms with van der Waals surface area (Å²) in [6.07, 6.45) is 0. The van der Waals surface area contributed by atoms with E-state index in [0.717, 1.165) is 28.1 Å². The Morgan fingerprint density at radius 1 is 1.05 bits per heavy atom. The third-order valence-electron chi connectivity index (χ3n) is 2.97. The first-order valence-electron chi connectivity index (χ1n) is 7.08. The second-order valence-corrected chi connectivity index (χ2v) is 6.91. The first-order chi connectivity index (χ1) is 9.94. The van der Waals surface area contributed by atoms with Crippen molar-refractivity contribution in [3.63, 3.8) is 0 Å². The number of hydrogen-bond acceptors (Lipinski definition) is 3. The molecule has 0 fully saturated rings. The molecule has 0 saturated heterocycles. The normalized spacial score (nSPS) is 11.8. The Bertz CT molecular complexity index is 572. The molecule has 0 atom stereocenters. The molecule has 0 aliphatic rings. The van der Waals surface area contributed by atoms with Crippen molar-refractivity contribution in [3.8, 4) is 0 Å². The molecule has 0 aliphatic carbocycles. The highest BCUT2D eigenvalue weighted by molar-refractivity contribution is 9.10. The van der Waals surface area contributed by atoms with E-state index in [4.69, 9.17) is 9.15 Å². The molecular weight excluding hydrogens is 330 g/mol. The summed E-state index contributed by atoms with van der Waals surface area (Å²) in [6, 6.07) is 12.0. The van der Waals surface area contributed by atoms with Crippen LogP contribution in [-0.2, 0) is 24.5 Å². The zero-order chi connectivity index (χ0) is 15.3. The van der Waals surface area contributed by atoms with Gasteiger partial charge in [0.1, 0.15) is 18.1 Å². The van der Waals surface area contributed by atoms with Crippen molar-refractivity contribution in [1.29, 1.82) is 0 Å². The average Bonchev–Trinajstić information content (AvgIpc) is 2.86. The third-order valence-corrected chi connectivity index (χ3v) is 3.74. The van der Waals surface area contributed by atoms with Gasteiger partial charge in [0.05, 0.1) is 13.2 Å². The first kappa shape index (κ1) is 16.3. The molecule has 0 bridgehead atoms. The molecule has 1 aromatic heterocycles. The topological polar surface area (TPSA) is 34.4 Å². The van der Waals surface area contributed by atoms with Crippen LogP contribution in [0.15, 0.2) is 45.3 Å². The largest absolute Gasteiger partial charge is 0.462 e. The third kappa shape index (κ3) is 5.65. The molecule has 21 heavy (non-hydrogen) atoms. The molecule has 0 amide bonds. The number of halogens is 1. The average molecular weight is 352 g/mol. The van der Waals surface area contributed by atoms with Crippen LogP contribution in [0.4, 0.5) is 0 Å². The van der Waals surface area contributed by atoms with Gasteiger partial charge in [-0.1, -0.05) is 34.1 Å². The Balaban J connectivity index is 1.79. The van der Waals surface area contributed by atoms with Gasteiger partial charge in [0.15, 0.2) is 0 Å². The zero-order valence-electron chi connectivity index (χ0n) is 12.8. The van der Waals surface area contributed by atoms with Gasteiger partial charge in [-0.25, -0.2) is 0 Å². The van der Waals surface area contributed by atoms with Crippen molar-refractivity contribution in [2.75, 3.05) is 0 Å². The molecule has 0 unspecified atom stereocenters. The van der Waals surface area contributed by atoms with Gasteiger partial charge in [-0.15, -0.1) is 0 Å². The molecule has 0 radical (unpaired) electrons. The number of benzene rings is 1. The predicted octanol–water partition coefficient (Wildman–Crippen LogP) is 4.65. The van der Waals surface area contributed by atoms with Gasteiger partial charge < -0.3 is 14.5 Å². The maximum atomic E-state index is 5.75. The summed E-state index contributed by atoms with van der Waals surface area (Å²) in [5.41, 5.74) is 1.22. The number of hydrogen-bond donors (Lipinski definition) is 1. The van der Waals surface area contributed by atoms with E-state index in [-0.39, 0.29) is 5.54 Å². The molecule has 2 aromatic rings. The van der Waals surface area contributed by atoms with Crippen LogP contribution in [0.2, 0.25) is 0 Å². The Morgan fingerprint density at radius 3 is 2.48 bits per heavy atom. The summed E-state index contributed by atoms with van der Waals surface area (Å²) in [4.78, 5) is 0. The molecule has 0 aliphatic heterocycles. The molecule has 2 rings (SSSR count). The fourth-order valence-corrected chi connectivity index (χ4v) is 2.22. The summed E-state index contributed by atoms with van der Waals surface area (Å²) >= 11 is 3.51.